The molecule has 0 saturated heterocycles. The zero-order valence-corrected chi connectivity index (χ0v) is 15.5. The maximum absolute atomic E-state index is 12.4. The summed E-state index contributed by atoms with van der Waals surface area (Å²) in [6, 6.07) is 4.66. The van der Waals surface area contributed by atoms with Gasteiger partial charge in [0, 0.05) is 34.6 Å². The minimum absolute atomic E-state index is 0.0624. The third-order valence-electron chi connectivity index (χ3n) is 3.86. The highest BCUT2D eigenvalue weighted by Crippen LogP contribution is 2.26. The first kappa shape index (κ1) is 19.8. The third-order valence-corrected chi connectivity index (χ3v) is 4.57. The fourth-order valence-corrected chi connectivity index (χ4v) is 2.62. The predicted molar refractivity (Wildman–Crippen MR) is 94.7 cm³/mol. The Morgan fingerprint density at radius 3 is 2.22 bits per heavy atom. The normalized spacial score (nSPS) is 13.3. The van der Waals surface area contributed by atoms with E-state index in [-0.39, 0.29) is 24.4 Å². The summed E-state index contributed by atoms with van der Waals surface area (Å²) in [5, 5.41) is 3.88. The highest BCUT2D eigenvalue weighted by molar-refractivity contribution is 6.36. The number of nitrogens with zero attached hydrogens (tertiary/aromatic N) is 1. The van der Waals surface area contributed by atoms with E-state index in [1.807, 2.05) is 13.8 Å². The highest BCUT2D eigenvalue weighted by atomic mass is 35.5. The van der Waals surface area contributed by atoms with Gasteiger partial charge in [0.25, 0.3) is 0 Å². The van der Waals surface area contributed by atoms with E-state index < -0.39 is 6.04 Å². The molecule has 0 heterocycles. The second-order valence-corrected chi connectivity index (χ2v) is 6.38. The van der Waals surface area contributed by atoms with E-state index in [9.17, 15) is 9.59 Å². The largest absolute Gasteiger partial charge is 0.352 e. The Bertz CT molecular complexity index is 543. The van der Waals surface area contributed by atoms with E-state index in [1.54, 1.807) is 32.0 Å². The first-order chi connectivity index (χ1) is 10.8. The number of carbonyl (C=O) groups excluding carboxylic acids is 2. The van der Waals surface area contributed by atoms with Crippen LogP contribution in [0.4, 0.5) is 0 Å². The first-order valence-corrected chi connectivity index (χ1v) is 8.60. The average molecular weight is 359 g/mol. The Morgan fingerprint density at radius 1 is 1.17 bits per heavy atom. The molecule has 0 saturated carbocycles. The molecular formula is C17H24Cl2N2O2. The zero-order valence-electron chi connectivity index (χ0n) is 14.0. The van der Waals surface area contributed by atoms with Gasteiger partial charge in [-0.1, -0.05) is 43.1 Å². The lowest BCUT2D eigenvalue weighted by atomic mass is 10.1. The van der Waals surface area contributed by atoms with Crippen molar-refractivity contribution in [3.8, 4) is 0 Å². The number of hydrogen-bond donors (Lipinski definition) is 1. The van der Waals surface area contributed by atoms with E-state index in [4.69, 9.17) is 23.2 Å². The monoisotopic (exact) mass is 358 g/mol. The van der Waals surface area contributed by atoms with E-state index in [0.29, 0.717) is 22.0 Å². The molecule has 0 spiro atoms. The van der Waals surface area contributed by atoms with Crippen molar-refractivity contribution in [2.45, 2.75) is 59.2 Å². The summed E-state index contributed by atoms with van der Waals surface area (Å²) >= 11 is 12.4. The quantitative estimate of drug-likeness (QED) is 0.799. The second-order valence-electron chi connectivity index (χ2n) is 5.57. The van der Waals surface area contributed by atoms with Gasteiger partial charge in [-0.25, -0.2) is 0 Å². The van der Waals surface area contributed by atoms with Gasteiger partial charge in [-0.05, 0) is 32.4 Å². The maximum Gasteiger partial charge on any atom is 0.242 e. The van der Waals surface area contributed by atoms with Crippen molar-refractivity contribution in [3.05, 3.63) is 33.8 Å². The SMILES string of the molecule is CCC(=O)N(Cc1c(Cl)cccc1Cl)[C@H](C)C(=O)N[C@@H](C)CC. The molecule has 1 rings (SSSR count). The number of hydrogen-bond acceptors (Lipinski definition) is 2. The van der Waals surface area contributed by atoms with E-state index in [0.717, 1.165) is 6.42 Å². The van der Waals surface area contributed by atoms with Crippen molar-refractivity contribution in [1.82, 2.24) is 10.2 Å². The molecule has 0 radical (unpaired) electrons. The van der Waals surface area contributed by atoms with Crippen LogP contribution in [0, 0.1) is 0 Å². The third kappa shape index (κ3) is 5.40. The van der Waals surface area contributed by atoms with Gasteiger partial charge >= 0.3 is 0 Å². The van der Waals surface area contributed by atoms with Crippen molar-refractivity contribution in [2.24, 2.45) is 0 Å². The Balaban J connectivity index is 3.01. The lowest BCUT2D eigenvalue weighted by Gasteiger charge is -2.30. The Hall–Kier alpha value is -1.26. The molecule has 1 aromatic carbocycles. The minimum Gasteiger partial charge on any atom is -0.352 e. The standard InChI is InChI=1S/C17H24Cl2N2O2/c1-5-11(3)20-17(23)12(4)21(16(22)6-2)10-13-14(18)8-7-9-15(13)19/h7-9,11-12H,5-6,10H2,1-4H3,(H,20,23)/t11-,12+/m0/s1. The second kappa shape index (κ2) is 9.14. The molecule has 0 aromatic heterocycles. The summed E-state index contributed by atoms with van der Waals surface area (Å²) in [6.45, 7) is 7.62. The van der Waals surface area contributed by atoms with Crippen LogP contribution in [0.2, 0.25) is 10.0 Å². The van der Waals surface area contributed by atoms with Gasteiger partial charge in [-0.2, -0.15) is 0 Å². The molecule has 0 aliphatic heterocycles. The number of amides is 2. The van der Waals surface area contributed by atoms with Gasteiger partial charge in [-0.15, -0.1) is 0 Å². The molecule has 1 N–H and O–H groups in total. The Morgan fingerprint density at radius 2 is 1.74 bits per heavy atom. The molecule has 2 atom stereocenters. The molecule has 128 valence electrons. The smallest absolute Gasteiger partial charge is 0.242 e. The van der Waals surface area contributed by atoms with Crippen molar-refractivity contribution < 1.29 is 9.59 Å². The summed E-state index contributed by atoms with van der Waals surface area (Å²) in [5.74, 6) is -0.294. The molecule has 2 amide bonds. The van der Waals surface area contributed by atoms with E-state index in [1.165, 1.54) is 4.90 Å². The van der Waals surface area contributed by atoms with Crippen LogP contribution in [0.5, 0.6) is 0 Å². The van der Waals surface area contributed by atoms with Gasteiger partial charge in [0.1, 0.15) is 6.04 Å². The predicted octanol–water partition coefficient (Wildman–Crippen LogP) is 4.04. The van der Waals surface area contributed by atoms with Gasteiger partial charge in [-0.3, -0.25) is 9.59 Å². The topological polar surface area (TPSA) is 49.4 Å². The minimum atomic E-state index is -0.594. The van der Waals surface area contributed by atoms with Crippen molar-refractivity contribution in [3.63, 3.8) is 0 Å². The van der Waals surface area contributed by atoms with Crippen molar-refractivity contribution in [1.29, 1.82) is 0 Å². The number of halogens is 2. The van der Waals surface area contributed by atoms with Crippen LogP contribution in [0.15, 0.2) is 18.2 Å². The molecule has 0 unspecified atom stereocenters. The Kier molecular flexibility index (Phi) is 7.86. The summed E-state index contributed by atoms with van der Waals surface area (Å²) in [7, 11) is 0. The summed E-state index contributed by atoms with van der Waals surface area (Å²) in [6.07, 6.45) is 1.14. The molecule has 6 heteroatoms. The van der Waals surface area contributed by atoms with Crippen LogP contribution in [0.3, 0.4) is 0 Å². The van der Waals surface area contributed by atoms with Gasteiger partial charge in [0.05, 0.1) is 0 Å². The van der Waals surface area contributed by atoms with Gasteiger partial charge < -0.3 is 10.2 Å². The average Bonchev–Trinajstić information content (AvgIpc) is 2.53. The number of nitrogens with one attached hydrogen (secondary N) is 1. The van der Waals surface area contributed by atoms with Crippen LogP contribution in [0.1, 0.15) is 46.1 Å². The Labute approximate surface area is 148 Å². The summed E-state index contributed by atoms with van der Waals surface area (Å²) in [4.78, 5) is 26.2. The number of rotatable bonds is 7. The van der Waals surface area contributed by atoms with Crippen LogP contribution in [-0.2, 0) is 16.1 Å². The highest BCUT2D eigenvalue weighted by Gasteiger charge is 2.26. The zero-order chi connectivity index (χ0) is 17.6. The molecule has 0 aliphatic carbocycles. The van der Waals surface area contributed by atoms with Crippen LogP contribution < -0.4 is 5.32 Å². The summed E-state index contributed by atoms with van der Waals surface area (Å²) in [5.41, 5.74) is 0.654. The van der Waals surface area contributed by atoms with Gasteiger partial charge in [0.15, 0.2) is 0 Å². The lowest BCUT2D eigenvalue weighted by molar-refractivity contribution is -0.140. The number of carbonyl (C=O) groups is 2. The van der Waals surface area contributed by atoms with Crippen LogP contribution in [0.25, 0.3) is 0 Å². The molecule has 23 heavy (non-hydrogen) atoms. The molecular weight excluding hydrogens is 335 g/mol. The van der Waals surface area contributed by atoms with Crippen LogP contribution >= 0.6 is 23.2 Å². The van der Waals surface area contributed by atoms with E-state index >= 15 is 0 Å². The maximum atomic E-state index is 12.4. The van der Waals surface area contributed by atoms with Crippen LogP contribution in [-0.4, -0.2) is 28.8 Å². The lowest BCUT2D eigenvalue weighted by Crippen LogP contribution is -2.49. The first-order valence-electron chi connectivity index (χ1n) is 7.84. The fraction of sp³-hybridized carbons (Fsp3) is 0.529. The van der Waals surface area contributed by atoms with Gasteiger partial charge in [0.2, 0.25) is 11.8 Å². The number of benzene rings is 1. The van der Waals surface area contributed by atoms with E-state index in [2.05, 4.69) is 5.32 Å². The molecule has 0 fully saturated rings. The van der Waals surface area contributed by atoms with Crippen molar-refractivity contribution >= 4 is 35.0 Å². The molecule has 0 bridgehead atoms. The molecule has 1 aromatic rings. The molecule has 4 nitrogen and oxygen atoms in total. The summed E-state index contributed by atoms with van der Waals surface area (Å²) < 4.78 is 0. The molecule has 0 aliphatic rings. The fourth-order valence-electron chi connectivity index (χ4n) is 2.10. The van der Waals surface area contributed by atoms with Crippen molar-refractivity contribution in [2.75, 3.05) is 0 Å².